The molecule has 4 nitrogen and oxygen atoms in total. The number of ether oxygens (including phenoxy) is 1. The number of nitrogens with one attached hydrogen (secondary N) is 1. The molecule has 118 valence electrons. The largest absolute Gasteiger partial charge is 0.493 e. The van der Waals surface area contributed by atoms with Crippen molar-refractivity contribution in [1.29, 1.82) is 0 Å². The first-order chi connectivity index (χ1) is 9.66. The van der Waals surface area contributed by atoms with E-state index in [-0.39, 0.29) is 24.1 Å². The fourth-order valence-electron chi connectivity index (χ4n) is 2.36. The number of hydrogen-bond donors (Lipinski definition) is 1. The molecule has 1 aromatic rings. The lowest BCUT2D eigenvalue weighted by atomic mass is 10.1. The Bertz CT molecular complexity index is 436. The highest BCUT2D eigenvalue weighted by atomic mass is 35.5. The van der Waals surface area contributed by atoms with Crippen molar-refractivity contribution >= 4 is 18.3 Å². The normalized spacial score (nSPS) is 15.1. The number of carbonyl (C=O) groups excluding carboxylic acids is 1. The monoisotopic (exact) mass is 316 g/mol. The summed E-state index contributed by atoms with van der Waals surface area (Å²) in [5, 5.41) is 3.28. The van der Waals surface area contributed by atoms with Crippen molar-refractivity contribution in [3.63, 3.8) is 0 Å². The first kappa shape index (κ1) is 17.7. The summed E-state index contributed by atoms with van der Waals surface area (Å²) in [4.78, 5) is 13.9. The standard InChI is InChI=1S/C15H21FN2O2.ClH/c1-18(13-6-9-17-10-7-13)15(19)8-11-20-14-4-2-12(16)3-5-14;/h2-5,13,17H,6-11H2,1H3;1H. The maximum Gasteiger partial charge on any atom is 0.225 e. The minimum absolute atomic E-state index is 0. The first-order valence-electron chi connectivity index (χ1n) is 7.01. The number of benzene rings is 1. The maximum absolute atomic E-state index is 12.7. The molecule has 1 aliphatic rings. The third-order valence-corrected chi connectivity index (χ3v) is 3.65. The Kier molecular flexibility index (Phi) is 7.47. The number of amides is 1. The number of rotatable bonds is 5. The second-order valence-electron chi connectivity index (χ2n) is 5.04. The zero-order valence-electron chi connectivity index (χ0n) is 12.2. The summed E-state index contributed by atoms with van der Waals surface area (Å²) in [7, 11) is 1.86. The molecule has 1 aliphatic heterocycles. The van der Waals surface area contributed by atoms with Crippen molar-refractivity contribution in [3.05, 3.63) is 30.1 Å². The van der Waals surface area contributed by atoms with Crippen molar-refractivity contribution in [2.45, 2.75) is 25.3 Å². The van der Waals surface area contributed by atoms with Gasteiger partial charge in [-0.2, -0.15) is 0 Å². The van der Waals surface area contributed by atoms with E-state index in [1.54, 1.807) is 12.1 Å². The first-order valence-corrected chi connectivity index (χ1v) is 7.01. The molecule has 0 unspecified atom stereocenters. The molecule has 0 atom stereocenters. The lowest BCUT2D eigenvalue weighted by Crippen LogP contribution is -2.44. The van der Waals surface area contributed by atoms with E-state index in [9.17, 15) is 9.18 Å². The Morgan fingerprint density at radius 2 is 1.95 bits per heavy atom. The van der Waals surface area contributed by atoms with Gasteiger partial charge in [0.05, 0.1) is 13.0 Å². The third kappa shape index (κ3) is 5.52. The van der Waals surface area contributed by atoms with Crippen LogP contribution in [0, 0.1) is 5.82 Å². The van der Waals surface area contributed by atoms with E-state index < -0.39 is 0 Å². The number of piperidine rings is 1. The Balaban J connectivity index is 0.00000220. The summed E-state index contributed by atoms with van der Waals surface area (Å²) in [6.45, 7) is 2.25. The number of hydrogen-bond acceptors (Lipinski definition) is 3. The van der Waals surface area contributed by atoms with Gasteiger partial charge in [-0.15, -0.1) is 12.4 Å². The third-order valence-electron chi connectivity index (χ3n) is 3.65. The van der Waals surface area contributed by atoms with Crippen LogP contribution >= 0.6 is 12.4 Å². The highest BCUT2D eigenvalue weighted by Gasteiger charge is 2.21. The lowest BCUT2D eigenvalue weighted by Gasteiger charge is -2.31. The van der Waals surface area contributed by atoms with Crippen molar-refractivity contribution < 1.29 is 13.9 Å². The Hall–Kier alpha value is -1.33. The zero-order chi connectivity index (χ0) is 14.4. The molecule has 1 amide bonds. The van der Waals surface area contributed by atoms with E-state index in [1.807, 2.05) is 11.9 Å². The van der Waals surface area contributed by atoms with Crippen LogP contribution in [-0.2, 0) is 4.79 Å². The van der Waals surface area contributed by atoms with Crippen LogP contribution in [0.1, 0.15) is 19.3 Å². The van der Waals surface area contributed by atoms with Crippen LogP contribution in [0.25, 0.3) is 0 Å². The highest BCUT2D eigenvalue weighted by Crippen LogP contribution is 2.13. The fraction of sp³-hybridized carbons (Fsp3) is 0.533. The SMILES string of the molecule is CN(C(=O)CCOc1ccc(F)cc1)C1CCNCC1.Cl. The molecule has 0 saturated carbocycles. The molecular formula is C15H22ClFN2O2. The summed E-state index contributed by atoms with van der Waals surface area (Å²) in [6, 6.07) is 6.15. The highest BCUT2D eigenvalue weighted by molar-refractivity contribution is 5.85. The smallest absolute Gasteiger partial charge is 0.225 e. The van der Waals surface area contributed by atoms with Gasteiger partial charge in [-0.25, -0.2) is 4.39 Å². The molecule has 21 heavy (non-hydrogen) atoms. The molecular weight excluding hydrogens is 295 g/mol. The predicted octanol–water partition coefficient (Wildman–Crippen LogP) is 2.23. The zero-order valence-corrected chi connectivity index (χ0v) is 13.0. The fourth-order valence-corrected chi connectivity index (χ4v) is 2.36. The molecule has 2 rings (SSSR count). The predicted molar refractivity (Wildman–Crippen MR) is 82.4 cm³/mol. The van der Waals surface area contributed by atoms with Gasteiger partial charge in [0.15, 0.2) is 0 Å². The van der Waals surface area contributed by atoms with Crippen LogP contribution in [-0.4, -0.2) is 43.6 Å². The van der Waals surface area contributed by atoms with Gasteiger partial charge < -0.3 is 15.0 Å². The molecule has 1 fully saturated rings. The van der Waals surface area contributed by atoms with Gasteiger partial charge in [-0.05, 0) is 50.2 Å². The van der Waals surface area contributed by atoms with E-state index in [0.717, 1.165) is 25.9 Å². The van der Waals surface area contributed by atoms with E-state index >= 15 is 0 Å². The lowest BCUT2D eigenvalue weighted by molar-refractivity contribution is -0.132. The molecule has 1 N–H and O–H groups in total. The minimum Gasteiger partial charge on any atom is -0.493 e. The maximum atomic E-state index is 12.7. The van der Waals surface area contributed by atoms with Crippen molar-refractivity contribution in [3.8, 4) is 5.75 Å². The van der Waals surface area contributed by atoms with Gasteiger partial charge in [-0.1, -0.05) is 0 Å². The van der Waals surface area contributed by atoms with Crippen LogP contribution in [0.4, 0.5) is 4.39 Å². The van der Waals surface area contributed by atoms with Gasteiger partial charge in [0.1, 0.15) is 11.6 Å². The summed E-state index contributed by atoms with van der Waals surface area (Å²) < 4.78 is 18.2. The van der Waals surface area contributed by atoms with Gasteiger partial charge >= 0.3 is 0 Å². The molecule has 1 aromatic carbocycles. The second kappa shape index (κ2) is 8.85. The van der Waals surface area contributed by atoms with Gasteiger partial charge in [0.25, 0.3) is 0 Å². The van der Waals surface area contributed by atoms with Crippen molar-refractivity contribution in [2.24, 2.45) is 0 Å². The molecule has 1 saturated heterocycles. The number of carbonyl (C=O) groups is 1. The number of nitrogens with zero attached hydrogens (tertiary/aromatic N) is 1. The van der Waals surface area contributed by atoms with Gasteiger partial charge in [-0.3, -0.25) is 4.79 Å². The second-order valence-corrected chi connectivity index (χ2v) is 5.04. The van der Waals surface area contributed by atoms with E-state index in [4.69, 9.17) is 4.74 Å². The average Bonchev–Trinajstić information content (AvgIpc) is 2.49. The quantitative estimate of drug-likeness (QED) is 0.905. The molecule has 6 heteroatoms. The Labute approximate surface area is 131 Å². The molecule has 0 bridgehead atoms. The minimum atomic E-state index is -0.293. The molecule has 0 aliphatic carbocycles. The van der Waals surface area contributed by atoms with Crippen LogP contribution < -0.4 is 10.1 Å². The number of halogens is 2. The molecule has 0 spiro atoms. The van der Waals surface area contributed by atoms with Crippen LogP contribution in [0.15, 0.2) is 24.3 Å². The summed E-state index contributed by atoms with van der Waals surface area (Å²) in [5.41, 5.74) is 0. The Morgan fingerprint density at radius 3 is 2.57 bits per heavy atom. The summed E-state index contributed by atoms with van der Waals surface area (Å²) in [6.07, 6.45) is 2.35. The van der Waals surface area contributed by atoms with Crippen LogP contribution in [0.2, 0.25) is 0 Å². The molecule has 0 radical (unpaired) electrons. The van der Waals surface area contributed by atoms with E-state index in [1.165, 1.54) is 12.1 Å². The van der Waals surface area contributed by atoms with Crippen molar-refractivity contribution in [1.82, 2.24) is 10.2 Å². The topological polar surface area (TPSA) is 41.6 Å². The average molecular weight is 317 g/mol. The van der Waals surface area contributed by atoms with Crippen LogP contribution in [0.5, 0.6) is 5.75 Å². The van der Waals surface area contributed by atoms with E-state index in [2.05, 4.69) is 5.32 Å². The van der Waals surface area contributed by atoms with Gasteiger partial charge in [0, 0.05) is 13.1 Å². The molecule has 1 heterocycles. The van der Waals surface area contributed by atoms with E-state index in [0.29, 0.717) is 24.8 Å². The summed E-state index contributed by atoms with van der Waals surface area (Å²) >= 11 is 0. The summed E-state index contributed by atoms with van der Waals surface area (Å²) in [5.74, 6) is 0.391. The van der Waals surface area contributed by atoms with Crippen molar-refractivity contribution in [2.75, 3.05) is 26.7 Å². The Morgan fingerprint density at radius 1 is 1.33 bits per heavy atom. The molecule has 0 aromatic heterocycles. The van der Waals surface area contributed by atoms with Gasteiger partial charge in [0.2, 0.25) is 5.91 Å². The van der Waals surface area contributed by atoms with Crippen LogP contribution in [0.3, 0.4) is 0 Å².